The number of carbonyl (C=O) groups is 1. The van der Waals surface area contributed by atoms with Crippen LogP contribution < -0.4 is 0 Å². The summed E-state index contributed by atoms with van der Waals surface area (Å²) < 4.78 is 1.95. The summed E-state index contributed by atoms with van der Waals surface area (Å²) in [6, 6.07) is 4.20. The summed E-state index contributed by atoms with van der Waals surface area (Å²) >= 11 is 0. The fraction of sp³-hybridized carbons (Fsp3) is 0.731. The second-order valence-corrected chi connectivity index (χ2v) is 9.90. The van der Waals surface area contributed by atoms with Crippen LogP contribution in [0.3, 0.4) is 0 Å². The van der Waals surface area contributed by atoms with Gasteiger partial charge in [-0.1, -0.05) is 71.6 Å². The highest BCUT2D eigenvalue weighted by Crippen LogP contribution is 2.28. The van der Waals surface area contributed by atoms with Crippen molar-refractivity contribution in [2.45, 2.75) is 103 Å². The smallest absolute Gasteiger partial charge is 0.274 e. The topological polar surface area (TPSA) is 50.5 Å². The van der Waals surface area contributed by atoms with Crippen LogP contribution in [0.4, 0.5) is 0 Å². The van der Waals surface area contributed by atoms with Crippen LogP contribution in [0.1, 0.15) is 119 Å². The highest BCUT2D eigenvalue weighted by atomic mass is 16.2. The average molecular weight is 425 g/mol. The molecule has 2 aromatic heterocycles. The molecule has 2 aliphatic rings. The van der Waals surface area contributed by atoms with Gasteiger partial charge in [0.2, 0.25) is 0 Å². The van der Waals surface area contributed by atoms with Crippen LogP contribution in [-0.4, -0.2) is 38.5 Å². The van der Waals surface area contributed by atoms with Gasteiger partial charge in [-0.2, -0.15) is 5.10 Å². The van der Waals surface area contributed by atoms with Crippen LogP contribution in [0.5, 0.6) is 0 Å². The van der Waals surface area contributed by atoms with Gasteiger partial charge >= 0.3 is 0 Å². The van der Waals surface area contributed by atoms with E-state index in [0.29, 0.717) is 11.6 Å². The molecule has 31 heavy (non-hydrogen) atoms. The standard InChI is InChI=1S/C26H40N4O/c1-3-20(2)24-18-22(17-21-13-9-5-6-10-14-21)27-25-19-23(28-30(24)25)26(31)29-15-11-7-4-8-12-16-29/h18-21H,3-17H2,1-2H3. The quantitative estimate of drug-likeness (QED) is 0.540. The zero-order valence-electron chi connectivity index (χ0n) is 19.6. The van der Waals surface area contributed by atoms with Gasteiger partial charge in [-0.3, -0.25) is 4.79 Å². The molecule has 0 aromatic carbocycles. The third kappa shape index (κ3) is 5.48. The first kappa shape index (κ1) is 22.3. The first-order valence-electron chi connectivity index (χ1n) is 12.8. The van der Waals surface area contributed by atoms with Gasteiger partial charge in [0.05, 0.1) is 0 Å². The number of nitrogens with zero attached hydrogens (tertiary/aromatic N) is 4. The lowest BCUT2D eigenvalue weighted by Gasteiger charge is -2.23. The average Bonchev–Trinajstić information content (AvgIpc) is 3.01. The van der Waals surface area contributed by atoms with E-state index in [2.05, 4.69) is 19.9 Å². The monoisotopic (exact) mass is 424 g/mol. The molecular weight excluding hydrogens is 384 g/mol. The van der Waals surface area contributed by atoms with Crippen molar-refractivity contribution in [1.82, 2.24) is 19.5 Å². The lowest BCUT2D eigenvalue weighted by Crippen LogP contribution is -2.34. The molecule has 1 aliphatic carbocycles. The SMILES string of the molecule is CCC(C)c1cc(CC2CCCCCC2)nc2cc(C(=O)N3CCCCCCC3)nn12. The number of carbonyl (C=O) groups excluding carboxylic acids is 1. The molecule has 1 amide bonds. The minimum atomic E-state index is 0.0767. The number of hydrogen-bond acceptors (Lipinski definition) is 3. The van der Waals surface area contributed by atoms with E-state index in [0.717, 1.165) is 50.3 Å². The first-order chi connectivity index (χ1) is 15.2. The van der Waals surface area contributed by atoms with Gasteiger partial charge in [0.15, 0.2) is 11.3 Å². The molecule has 0 radical (unpaired) electrons. The number of amides is 1. The maximum atomic E-state index is 13.2. The van der Waals surface area contributed by atoms with Gasteiger partial charge in [0.1, 0.15) is 0 Å². The summed E-state index contributed by atoms with van der Waals surface area (Å²) in [5.41, 5.74) is 3.78. The predicted molar refractivity (Wildman–Crippen MR) is 126 cm³/mol. The summed E-state index contributed by atoms with van der Waals surface area (Å²) in [6.45, 7) is 6.18. The number of aromatic nitrogens is 3. The van der Waals surface area contributed by atoms with Crippen molar-refractivity contribution >= 4 is 11.6 Å². The van der Waals surface area contributed by atoms with Crippen LogP contribution in [0, 0.1) is 5.92 Å². The molecule has 1 aliphatic heterocycles. The molecule has 4 rings (SSSR count). The third-order valence-electron chi connectivity index (χ3n) is 7.46. The Bertz CT molecular complexity index is 858. The number of fused-ring (bicyclic) bond motifs is 1. The molecule has 0 bridgehead atoms. The molecule has 0 N–H and O–H groups in total. The van der Waals surface area contributed by atoms with E-state index >= 15 is 0 Å². The van der Waals surface area contributed by atoms with E-state index in [-0.39, 0.29) is 5.91 Å². The summed E-state index contributed by atoms with van der Waals surface area (Å²) in [7, 11) is 0. The zero-order chi connectivity index (χ0) is 21.6. The van der Waals surface area contributed by atoms with Crippen molar-refractivity contribution < 1.29 is 4.79 Å². The molecule has 5 heteroatoms. The highest BCUT2D eigenvalue weighted by molar-refractivity contribution is 5.93. The van der Waals surface area contributed by atoms with Gasteiger partial charge < -0.3 is 4.90 Å². The Morgan fingerprint density at radius 2 is 1.65 bits per heavy atom. The zero-order valence-corrected chi connectivity index (χ0v) is 19.6. The molecule has 1 atom stereocenters. The van der Waals surface area contributed by atoms with Gasteiger partial charge in [-0.05, 0) is 43.6 Å². The first-order valence-corrected chi connectivity index (χ1v) is 12.8. The molecule has 170 valence electrons. The van der Waals surface area contributed by atoms with Gasteiger partial charge in [-0.25, -0.2) is 9.50 Å². The van der Waals surface area contributed by atoms with Gasteiger partial charge in [-0.15, -0.1) is 0 Å². The molecule has 2 aromatic rings. The molecule has 3 heterocycles. The maximum Gasteiger partial charge on any atom is 0.274 e. The summed E-state index contributed by atoms with van der Waals surface area (Å²) in [6.07, 6.45) is 16.2. The van der Waals surface area contributed by atoms with E-state index in [9.17, 15) is 4.79 Å². The normalized spacial score (nSPS) is 20.3. The summed E-state index contributed by atoms with van der Waals surface area (Å²) in [4.78, 5) is 20.2. The van der Waals surface area contributed by atoms with Crippen LogP contribution in [0.15, 0.2) is 12.1 Å². The molecule has 5 nitrogen and oxygen atoms in total. The Balaban J connectivity index is 1.62. The van der Waals surface area contributed by atoms with E-state index in [1.807, 2.05) is 15.5 Å². The predicted octanol–water partition coefficient (Wildman–Crippen LogP) is 6.16. The van der Waals surface area contributed by atoms with Crippen molar-refractivity contribution in [3.8, 4) is 0 Å². The lowest BCUT2D eigenvalue weighted by atomic mass is 9.94. The summed E-state index contributed by atoms with van der Waals surface area (Å²) in [5.74, 6) is 1.21. The Morgan fingerprint density at radius 1 is 1.00 bits per heavy atom. The molecule has 1 unspecified atom stereocenters. The summed E-state index contributed by atoms with van der Waals surface area (Å²) in [5, 5.41) is 4.78. The fourth-order valence-corrected chi connectivity index (χ4v) is 5.30. The minimum absolute atomic E-state index is 0.0767. The van der Waals surface area contributed by atoms with Crippen LogP contribution in [0.25, 0.3) is 5.65 Å². The van der Waals surface area contributed by atoms with E-state index in [4.69, 9.17) is 10.1 Å². The molecular formula is C26H40N4O. The van der Waals surface area contributed by atoms with Crippen molar-refractivity contribution in [3.63, 3.8) is 0 Å². The number of rotatable bonds is 5. The Labute approximate surface area is 187 Å². The maximum absolute atomic E-state index is 13.2. The second kappa shape index (κ2) is 10.6. The fourth-order valence-electron chi connectivity index (χ4n) is 5.30. The van der Waals surface area contributed by atoms with Crippen molar-refractivity contribution in [1.29, 1.82) is 0 Å². The molecule has 2 fully saturated rings. The molecule has 1 saturated heterocycles. The molecule has 1 saturated carbocycles. The van der Waals surface area contributed by atoms with Gasteiger partial charge in [0.25, 0.3) is 5.91 Å². The van der Waals surface area contributed by atoms with Gasteiger partial charge in [0, 0.05) is 30.5 Å². The van der Waals surface area contributed by atoms with Crippen LogP contribution in [0.2, 0.25) is 0 Å². The van der Waals surface area contributed by atoms with Crippen molar-refractivity contribution in [3.05, 3.63) is 29.2 Å². The number of hydrogen-bond donors (Lipinski definition) is 0. The van der Waals surface area contributed by atoms with E-state index < -0.39 is 0 Å². The Kier molecular flexibility index (Phi) is 7.62. The lowest BCUT2D eigenvalue weighted by molar-refractivity contribution is 0.0736. The molecule has 0 spiro atoms. The van der Waals surface area contributed by atoms with E-state index in [1.54, 1.807) is 0 Å². The van der Waals surface area contributed by atoms with Crippen LogP contribution >= 0.6 is 0 Å². The third-order valence-corrected chi connectivity index (χ3v) is 7.46. The van der Waals surface area contributed by atoms with Crippen molar-refractivity contribution in [2.24, 2.45) is 5.92 Å². The highest BCUT2D eigenvalue weighted by Gasteiger charge is 2.23. The largest absolute Gasteiger partial charge is 0.337 e. The van der Waals surface area contributed by atoms with E-state index in [1.165, 1.54) is 69.2 Å². The number of likely N-dealkylation sites (tertiary alicyclic amines) is 1. The second-order valence-electron chi connectivity index (χ2n) is 9.90. The van der Waals surface area contributed by atoms with Crippen LogP contribution in [-0.2, 0) is 6.42 Å². The minimum Gasteiger partial charge on any atom is -0.337 e. The Hall–Kier alpha value is -1.91. The Morgan fingerprint density at radius 3 is 2.32 bits per heavy atom. The van der Waals surface area contributed by atoms with Crippen molar-refractivity contribution in [2.75, 3.05) is 13.1 Å².